The molecule has 0 aliphatic rings. The summed E-state index contributed by atoms with van der Waals surface area (Å²) in [5.74, 6) is 0.653. The lowest BCUT2D eigenvalue weighted by Gasteiger charge is -2.18. The molecule has 0 unspecified atom stereocenters. The quantitative estimate of drug-likeness (QED) is 0.553. The van der Waals surface area contributed by atoms with Crippen molar-refractivity contribution in [3.63, 3.8) is 0 Å². The van der Waals surface area contributed by atoms with E-state index in [9.17, 15) is 5.11 Å². The SMILES string of the molecule is C=CCc1cc(C=Nc2ccc(C(C)(C)C)cc2)cc(OCC)c1O. The molecule has 0 radical (unpaired) electrons. The maximum Gasteiger partial charge on any atom is 0.161 e. The number of phenolic OH excluding ortho intramolecular Hbond substituents is 1. The zero-order valence-corrected chi connectivity index (χ0v) is 15.5. The van der Waals surface area contributed by atoms with E-state index < -0.39 is 0 Å². The number of phenols is 1. The van der Waals surface area contributed by atoms with Crippen LogP contribution < -0.4 is 4.74 Å². The summed E-state index contributed by atoms with van der Waals surface area (Å²) in [6, 6.07) is 12.0. The number of aromatic hydroxyl groups is 1. The maximum atomic E-state index is 10.3. The second-order valence-electron chi connectivity index (χ2n) is 7.01. The third kappa shape index (κ3) is 4.96. The summed E-state index contributed by atoms with van der Waals surface area (Å²) < 4.78 is 5.52. The van der Waals surface area contributed by atoms with Gasteiger partial charge in [-0.05, 0) is 54.2 Å². The van der Waals surface area contributed by atoms with Crippen LogP contribution in [-0.4, -0.2) is 17.9 Å². The third-order valence-corrected chi connectivity index (χ3v) is 3.94. The molecular formula is C22H27NO2. The fraction of sp³-hybridized carbons (Fsp3) is 0.318. The molecule has 3 nitrogen and oxygen atoms in total. The van der Waals surface area contributed by atoms with Crippen LogP contribution in [0.2, 0.25) is 0 Å². The molecule has 132 valence electrons. The maximum absolute atomic E-state index is 10.3. The van der Waals surface area contributed by atoms with E-state index in [2.05, 4.69) is 44.5 Å². The molecule has 0 atom stereocenters. The highest BCUT2D eigenvalue weighted by atomic mass is 16.5. The van der Waals surface area contributed by atoms with Gasteiger partial charge in [0, 0.05) is 11.8 Å². The molecule has 3 heteroatoms. The predicted octanol–water partition coefficient (Wildman–Crippen LogP) is 5.57. The minimum Gasteiger partial charge on any atom is -0.504 e. The van der Waals surface area contributed by atoms with Gasteiger partial charge in [0.15, 0.2) is 11.5 Å². The van der Waals surface area contributed by atoms with Crippen molar-refractivity contribution in [3.8, 4) is 11.5 Å². The molecule has 1 N–H and O–H groups in total. The van der Waals surface area contributed by atoms with E-state index in [1.54, 1.807) is 18.4 Å². The molecule has 0 saturated carbocycles. The highest BCUT2D eigenvalue weighted by Gasteiger charge is 2.13. The van der Waals surface area contributed by atoms with E-state index >= 15 is 0 Å². The number of aliphatic imine (C=N–C) groups is 1. The monoisotopic (exact) mass is 337 g/mol. The number of ether oxygens (including phenoxy) is 1. The first-order valence-corrected chi connectivity index (χ1v) is 8.59. The van der Waals surface area contributed by atoms with Gasteiger partial charge in [-0.2, -0.15) is 0 Å². The Hall–Kier alpha value is -2.55. The average molecular weight is 337 g/mol. The van der Waals surface area contributed by atoms with E-state index in [0.717, 1.165) is 16.8 Å². The molecule has 2 aromatic rings. The van der Waals surface area contributed by atoms with Gasteiger partial charge in [0.25, 0.3) is 0 Å². The zero-order valence-electron chi connectivity index (χ0n) is 15.5. The molecule has 0 aromatic heterocycles. The summed E-state index contributed by atoms with van der Waals surface area (Å²) >= 11 is 0. The van der Waals surface area contributed by atoms with Crippen molar-refractivity contribution in [1.82, 2.24) is 0 Å². The Balaban J connectivity index is 2.29. The Labute approximate surface area is 150 Å². The summed E-state index contributed by atoms with van der Waals surface area (Å²) in [5, 5.41) is 10.3. The normalized spacial score (nSPS) is 11.7. The van der Waals surface area contributed by atoms with E-state index in [0.29, 0.717) is 18.8 Å². The van der Waals surface area contributed by atoms with Gasteiger partial charge in [-0.1, -0.05) is 39.0 Å². The first kappa shape index (κ1) is 18.8. The van der Waals surface area contributed by atoms with Crippen molar-refractivity contribution in [2.75, 3.05) is 6.61 Å². The Morgan fingerprint density at radius 1 is 1.16 bits per heavy atom. The molecule has 0 heterocycles. The van der Waals surface area contributed by atoms with E-state index in [1.165, 1.54) is 5.56 Å². The average Bonchev–Trinajstić information content (AvgIpc) is 2.57. The van der Waals surface area contributed by atoms with Crippen LogP contribution in [-0.2, 0) is 11.8 Å². The lowest BCUT2D eigenvalue weighted by atomic mass is 9.87. The van der Waals surface area contributed by atoms with Crippen molar-refractivity contribution in [3.05, 3.63) is 65.7 Å². The van der Waals surface area contributed by atoms with Gasteiger partial charge >= 0.3 is 0 Å². The lowest BCUT2D eigenvalue weighted by molar-refractivity contribution is 0.317. The van der Waals surface area contributed by atoms with Gasteiger partial charge in [0.1, 0.15) is 0 Å². The minimum absolute atomic E-state index is 0.130. The van der Waals surface area contributed by atoms with Gasteiger partial charge in [-0.15, -0.1) is 6.58 Å². The zero-order chi connectivity index (χ0) is 18.4. The van der Waals surface area contributed by atoms with Crippen molar-refractivity contribution in [2.24, 2.45) is 4.99 Å². The Morgan fingerprint density at radius 2 is 1.84 bits per heavy atom. The van der Waals surface area contributed by atoms with Crippen LogP contribution in [0, 0.1) is 0 Å². The van der Waals surface area contributed by atoms with Crippen LogP contribution in [0.4, 0.5) is 5.69 Å². The Bertz CT molecular complexity index is 753. The van der Waals surface area contributed by atoms with Gasteiger partial charge in [0.2, 0.25) is 0 Å². The summed E-state index contributed by atoms with van der Waals surface area (Å²) in [6.45, 7) is 12.7. The molecule has 0 fully saturated rings. The van der Waals surface area contributed by atoms with E-state index in [1.807, 2.05) is 25.1 Å². The lowest BCUT2D eigenvalue weighted by Crippen LogP contribution is -2.10. The summed E-state index contributed by atoms with van der Waals surface area (Å²) in [6.07, 6.45) is 4.13. The summed E-state index contributed by atoms with van der Waals surface area (Å²) in [4.78, 5) is 4.54. The van der Waals surface area contributed by atoms with Gasteiger partial charge in [-0.3, -0.25) is 4.99 Å². The van der Waals surface area contributed by atoms with Crippen LogP contribution in [0.15, 0.2) is 54.0 Å². The molecule has 25 heavy (non-hydrogen) atoms. The fourth-order valence-corrected chi connectivity index (χ4v) is 2.54. The van der Waals surface area contributed by atoms with E-state index in [-0.39, 0.29) is 11.2 Å². The van der Waals surface area contributed by atoms with E-state index in [4.69, 9.17) is 4.74 Å². The fourth-order valence-electron chi connectivity index (χ4n) is 2.54. The van der Waals surface area contributed by atoms with Crippen LogP contribution in [0.5, 0.6) is 11.5 Å². The third-order valence-electron chi connectivity index (χ3n) is 3.94. The molecule has 0 aliphatic heterocycles. The van der Waals surface area contributed by atoms with Crippen molar-refractivity contribution in [2.45, 2.75) is 39.5 Å². The van der Waals surface area contributed by atoms with Crippen LogP contribution >= 0.6 is 0 Å². The summed E-state index contributed by atoms with van der Waals surface area (Å²) in [7, 11) is 0. The largest absolute Gasteiger partial charge is 0.504 e. The van der Waals surface area contributed by atoms with Crippen molar-refractivity contribution >= 4 is 11.9 Å². The standard InChI is InChI=1S/C22H27NO2/c1-6-8-17-13-16(14-20(21(17)24)25-7-2)15-23-19-11-9-18(10-12-19)22(3,4)5/h6,9-15,24H,1,7-8H2,2-5H3. The van der Waals surface area contributed by atoms with Gasteiger partial charge in [-0.25, -0.2) is 0 Å². The second kappa shape index (κ2) is 8.02. The van der Waals surface area contributed by atoms with Crippen LogP contribution in [0.25, 0.3) is 0 Å². The molecule has 2 aromatic carbocycles. The first-order valence-electron chi connectivity index (χ1n) is 8.59. The molecule has 0 aliphatic carbocycles. The number of hydrogen-bond donors (Lipinski definition) is 1. The molecule has 0 spiro atoms. The number of benzene rings is 2. The first-order chi connectivity index (χ1) is 11.8. The second-order valence-corrected chi connectivity index (χ2v) is 7.01. The molecule has 0 amide bonds. The minimum atomic E-state index is 0.130. The van der Waals surface area contributed by atoms with Crippen LogP contribution in [0.1, 0.15) is 44.4 Å². The molecule has 0 bridgehead atoms. The van der Waals surface area contributed by atoms with Crippen molar-refractivity contribution in [1.29, 1.82) is 0 Å². The van der Waals surface area contributed by atoms with Crippen molar-refractivity contribution < 1.29 is 9.84 Å². The number of nitrogens with zero attached hydrogens (tertiary/aromatic N) is 1. The van der Waals surface area contributed by atoms with Gasteiger partial charge in [0.05, 0.1) is 12.3 Å². The smallest absolute Gasteiger partial charge is 0.161 e. The summed E-state index contributed by atoms with van der Waals surface area (Å²) in [5.41, 5.74) is 3.97. The Morgan fingerprint density at radius 3 is 2.40 bits per heavy atom. The number of hydrogen-bond acceptors (Lipinski definition) is 3. The molecule has 0 saturated heterocycles. The van der Waals surface area contributed by atoms with Gasteiger partial charge < -0.3 is 9.84 Å². The predicted molar refractivity (Wildman–Crippen MR) is 106 cm³/mol. The highest BCUT2D eigenvalue weighted by molar-refractivity contribution is 5.83. The molecule has 2 rings (SSSR count). The highest BCUT2D eigenvalue weighted by Crippen LogP contribution is 2.32. The number of rotatable bonds is 6. The Kier molecular flexibility index (Phi) is 6.02. The topological polar surface area (TPSA) is 41.8 Å². The molecular weight excluding hydrogens is 310 g/mol. The van der Waals surface area contributed by atoms with Crippen LogP contribution in [0.3, 0.4) is 0 Å². The number of allylic oxidation sites excluding steroid dienone is 1.